The van der Waals surface area contributed by atoms with Crippen LogP contribution in [0.15, 0.2) is 64.6 Å². The van der Waals surface area contributed by atoms with E-state index in [0.717, 1.165) is 33.4 Å². The van der Waals surface area contributed by atoms with Crippen LogP contribution in [0, 0.1) is 21.0 Å². The Morgan fingerprint density at radius 1 is 1.00 bits per heavy atom. The number of barbiturate groups is 1. The lowest BCUT2D eigenvalue weighted by molar-refractivity contribution is -0.122. The molecule has 1 heterocycles. The van der Waals surface area contributed by atoms with E-state index in [4.69, 9.17) is 4.74 Å². The summed E-state index contributed by atoms with van der Waals surface area (Å²) < 4.78 is 8.60. The Morgan fingerprint density at radius 3 is 2.37 bits per heavy atom. The lowest BCUT2D eigenvalue weighted by atomic mass is 10.1. The number of ether oxygens (including phenoxy) is 1. The quantitative estimate of drug-likeness (QED) is 0.183. The number of aryl methyl sites for hydroxylation is 2. The molecule has 0 radical (unpaired) electrons. The molecular formula is C26H19BrI2N2O4. The second-order valence-electron chi connectivity index (χ2n) is 7.98. The number of halogens is 3. The van der Waals surface area contributed by atoms with E-state index in [9.17, 15) is 14.4 Å². The Balaban J connectivity index is 1.62. The highest BCUT2D eigenvalue weighted by Gasteiger charge is 2.37. The van der Waals surface area contributed by atoms with E-state index in [2.05, 4.69) is 72.5 Å². The van der Waals surface area contributed by atoms with E-state index >= 15 is 0 Å². The molecule has 1 saturated heterocycles. The molecule has 1 aliphatic rings. The third kappa shape index (κ3) is 5.78. The number of nitrogens with zero attached hydrogens (tertiary/aromatic N) is 1. The Morgan fingerprint density at radius 2 is 1.71 bits per heavy atom. The van der Waals surface area contributed by atoms with Crippen LogP contribution in [0.3, 0.4) is 0 Å². The maximum absolute atomic E-state index is 13.2. The van der Waals surface area contributed by atoms with E-state index < -0.39 is 17.8 Å². The molecule has 4 rings (SSSR count). The molecule has 1 fully saturated rings. The van der Waals surface area contributed by atoms with E-state index in [-0.39, 0.29) is 5.57 Å². The van der Waals surface area contributed by atoms with Crippen LogP contribution in [0.2, 0.25) is 0 Å². The van der Waals surface area contributed by atoms with Crippen molar-refractivity contribution in [3.63, 3.8) is 0 Å². The smallest absolute Gasteiger partial charge is 0.335 e. The fourth-order valence-electron chi connectivity index (χ4n) is 3.58. The Bertz CT molecular complexity index is 1380. The van der Waals surface area contributed by atoms with Gasteiger partial charge in [-0.3, -0.25) is 14.9 Å². The van der Waals surface area contributed by atoms with Crippen LogP contribution >= 0.6 is 61.1 Å². The Kier molecular flexibility index (Phi) is 7.96. The number of anilines is 1. The first-order chi connectivity index (χ1) is 16.6. The zero-order chi connectivity index (χ0) is 25.3. The molecule has 0 saturated carbocycles. The number of hydrogen-bond acceptors (Lipinski definition) is 4. The first-order valence-corrected chi connectivity index (χ1v) is 13.4. The SMILES string of the molecule is Cc1cccc(COc2c(I)cc(/C=C3\C(=O)NC(=O)N(c4ccc(Br)c(C)c4)C3=O)cc2I)c1. The number of urea groups is 1. The minimum Gasteiger partial charge on any atom is -0.487 e. The molecule has 178 valence electrons. The van der Waals surface area contributed by atoms with Crippen LogP contribution in [0.1, 0.15) is 22.3 Å². The second-order valence-corrected chi connectivity index (χ2v) is 11.2. The van der Waals surface area contributed by atoms with Gasteiger partial charge < -0.3 is 4.74 Å². The van der Waals surface area contributed by atoms with Gasteiger partial charge in [-0.05, 0) is 112 Å². The minimum atomic E-state index is -0.775. The van der Waals surface area contributed by atoms with Crippen molar-refractivity contribution in [2.45, 2.75) is 20.5 Å². The fraction of sp³-hybridized carbons (Fsp3) is 0.115. The van der Waals surface area contributed by atoms with Crippen LogP contribution in [0.5, 0.6) is 5.75 Å². The highest BCUT2D eigenvalue weighted by Crippen LogP contribution is 2.32. The number of nitrogens with one attached hydrogen (secondary N) is 1. The fourth-order valence-corrected chi connectivity index (χ4v) is 5.96. The van der Waals surface area contributed by atoms with E-state index in [1.165, 1.54) is 11.6 Å². The molecule has 1 N–H and O–H groups in total. The number of imide groups is 2. The first-order valence-electron chi connectivity index (χ1n) is 10.5. The molecular weight excluding hydrogens is 738 g/mol. The summed E-state index contributed by atoms with van der Waals surface area (Å²) in [4.78, 5) is 39.2. The number of hydrogen-bond donors (Lipinski definition) is 1. The van der Waals surface area contributed by atoms with E-state index in [0.29, 0.717) is 17.9 Å². The molecule has 6 nitrogen and oxygen atoms in total. The third-order valence-corrected chi connectivity index (χ3v) is 7.79. The predicted molar refractivity (Wildman–Crippen MR) is 155 cm³/mol. The van der Waals surface area contributed by atoms with Gasteiger partial charge in [-0.2, -0.15) is 0 Å². The van der Waals surface area contributed by atoms with Gasteiger partial charge in [-0.1, -0.05) is 45.8 Å². The molecule has 9 heteroatoms. The van der Waals surface area contributed by atoms with Crippen LogP contribution < -0.4 is 15.0 Å². The number of carbonyl (C=O) groups is 3. The van der Waals surface area contributed by atoms with Gasteiger partial charge in [-0.25, -0.2) is 9.69 Å². The molecule has 3 aromatic rings. The summed E-state index contributed by atoms with van der Waals surface area (Å²) in [6, 6.07) is 16.1. The number of rotatable bonds is 5. The van der Waals surface area contributed by atoms with Crippen molar-refractivity contribution in [1.29, 1.82) is 0 Å². The molecule has 35 heavy (non-hydrogen) atoms. The van der Waals surface area contributed by atoms with Crippen LogP contribution in [0.25, 0.3) is 6.08 Å². The van der Waals surface area contributed by atoms with Gasteiger partial charge in [0.15, 0.2) is 0 Å². The van der Waals surface area contributed by atoms with Crippen molar-refractivity contribution < 1.29 is 19.1 Å². The van der Waals surface area contributed by atoms with Gasteiger partial charge in [0.25, 0.3) is 11.8 Å². The highest BCUT2D eigenvalue weighted by atomic mass is 127. The van der Waals surface area contributed by atoms with E-state index in [1.54, 1.807) is 18.2 Å². The molecule has 0 spiro atoms. The highest BCUT2D eigenvalue weighted by molar-refractivity contribution is 14.1. The maximum atomic E-state index is 13.2. The van der Waals surface area contributed by atoms with Gasteiger partial charge in [0.05, 0.1) is 12.8 Å². The lowest BCUT2D eigenvalue weighted by Crippen LogP contribution is -2.54. The van der Waals surface area contributed by atoms with Crippen molar-refractivity contribution in [3.05, 3.63) is 94.0 Å². The van der Waals surface area contributed by atoms with Crippen LogP contribution in [-0.2, 0) is 16.2 Å². The summed E-state index contributed by atoms with van der Waals surface area (Å²) in [7, 11) is 0. The summed E-state index contributed by atoms with van der Waals surface area (Å²) in [6.07, 6.45) is 1.50. The van der Waals surface area contributed by atoms with E-state index in [1.807, 2.05) is 44.2 Å². The molecule has 3 aromatic carbocycles. The zero-order valence-corrected chi connectivity index (χ0v) is 24.6. The maximum Gasteiger partial charge on any atom is 0.335 e. The third-order valence-electron chi connectivity index (χ3n) is 5.30. The Labute approximate surface area is 238 Å². The summed E-state index contributed by atoms with van der Waals surface area (Å²) in [6.45, 7) is 4.32. The number of benzene rings is 3. The van der Waals surface area contributed by atoms with Crippen molar-refractivity contribution >= 4 is 90.7 Å². The lowest BCUT2D eigenvalue weighted by Gasteiger charge is -2.26. The standard InChI is InChI=1S/C26H19BrI2N2O4/c1-14-4-3-5-16(8-14)13-35-23-21(28)11-17(12-22(23)29)10-19-24(32)30-26(34)31(25(19)33)18-6-7-20(27)15(2)9-18/h3-12H,13H2,1-2H3,(H,30,32,34)/b19-10+. The normalized spacial score (nSPS) is 14.9. The molecule has 0 bridgehead atoms. The largest absolute Gasteiger partial charge is 0.487 e. The van der Waals surface area contributed by atoms with Crippen LogP contribution in [0.4, 0.5) is 10.5 Å². The van der Waals surface area contributed by atoms with Gasteiger partial charge in [0, 0.05) is 4.47 Å². The van der Waals surface area contributed by atoms with Gasteiger partial charge in [0.1, 0.15) is 17.9 Å². The van der Waals surface area contributed by atoms with Crippen molar-refractivity contribution in [3.8, 4) is 5.75 Å². The first kappa shape index (κ1) is 25.8. The van der Waals surface area contributed by atoms with Gasteiger partial charge in [0.2, 0.25) is 0 Å². The molecule has 0 aromatic heterocycles. The number of carbonyl (C=O) groups excluding carboxylic acids is 3. The summed E-state index contributed by atoms with van der Waals surface area (Å²) >= 11 is 7.77. The average Bonchev–Trinajstić information content (AvgIpc) is 2.78. The average molecular weight is 757 g/mol. The zero-order valence-electron chi connectivity index (χ0n) is 18.7. The summed E-state index contributed by atoms with van der Waals surface area (Å²) in [5.74, 6) is -0.670. The molecule has 0 aliphatic carbocycles. The monoisotopic (exact) mass is 756 g/mol. The summed E-state index contributed by atoms with van der Waals surface area (Å²) in [5, 5.41) is 2.27. The Hall–Kier alpha value is -2.25. The van der Waals surface area contributed by atoms with Crippen LogP contribution in [-0.4, -0.2) is 17.8 Å². The second kappa shape index (κ2) is 10.8. The molecule has 0 atom stereocenters. The molecule has 4 amide bonds. The topological polar surface area (TPSA) is 75.7 Å². The van der Waals surface area contributed by atoms with Crippen molar-refractivity contribution in [1.82, 2.24) is 5.32 Å². The van der Waals surface area contributed by atoms with Gasteiger partial charge >= 0.3 is 6.03 Å². The van der Waals surface area contributed by atoms with Crippen molar-refractivity contribution in [2.75, 3.05) is 4.90 Å². The number of amides is 4. The molecule has 1 aliphatic heterocycles. The predicted octanol–water partition coefficient (Wildman–Crippen LogP) is 6.52. The minimum absolute atomic E-state index is 0.120. The molecule has 0 unspecified atom stereocenters. The summed E-state index contributed by atoms with van der Waals surface area (Å²) in [5.41, 5.74) is 4.01. The van der Waals surface area contributed by atoms with Crippen molar-refractivity contribution in [2.24, 2.45) is 0 Å². The van der Waals surface area contributed by atoms with Gasteiger partial charge in [-0.15, -0.1) is 0 Å².